The normalized spacial score (nSPS) is 14.8. The van der Waals surface area contributed by atoms with E-state index >= 15 is 0 Å². The van der Waals surface area contributed by atoms with Crippen LogP contribution >= 0.6 is 0 Å². The molecular formula is C21H22N2O2. The summed E-state index contributed by atoms with van der Waals surface area (Å²) in [7, 11) is 0. The number of carbonyl (C=O) groups is 2. The van der Waals surface area contributed by atoms with Gasteiger partial charge in [-0.25, -0.2) is 0 Å². The first-order valence-corrected chi connectivity index (χ1v) is 8.51. The SMILES string of the molecule is Cc1cccc(C(=O)N2CCN(C(=O)/C=C/c3ccccc3)CC2)c1. The third kappa shape index (κ3) is 4.35. The standard InChI is InChI=1S/C21H22N2O2/c1-17-6-5-9-19(16-17)21(25)23-14-12-22(13-15-23)20(24)11-10-18-7-3-2-4-8-18/h2-11,16H,12-15H2,1H3/b11-10+. The van der Waals surface area contributed by atoms with Crippen molar-refractivity contribution in [3.63, 3.8) is 0 Å². The number of carbonyl (C=O) groups excluding carboxylic acids is 2. The minimum atomic E-state index is -0.00786. The van der Waals surface area contributed by atoms with E-state index in [4.69, 9.17) is 0 Å². The Kier molecular flexibility index (Phi) is 5.29. The Hall–Kier alpha value is -2.88. The summed E-state index contributed by atoms with van der Waals surface area (Å²) in [6, 6.07) is 17.4. The molecule has 1 saturated heterocycles. The lowest BCUT2D eigenvalue weighted by atomic mass is 10.1. The lowest BCUT2D eigenvalue weighted by molar-refractivity contribution is -0.127. The van der Waals surface area contributed by atoms with Crippen molar-refractivity contribution in [1.29, 1.82) is 0 Å². The zero-order valence-electron chi connectivity index (χ0n) is 14.4. The van der Waals surface area contributed by atoms with Gasteiger partial charge in [0.25, 0.3) is 5.91 Å². The van der Waals surface area contributed by atoms with Crippen molar-refractivity contribution in [2.75, 3.05) is 26.2 Å². The smallest absolute Gasteiger partial charge is 0.253 e. The highest BCUT2D eigenvalue weighted by atomic mass is 16.2. The van der Waals surface area contributed by atoms with Gasteiger partial charge in [0.15, 0.2) is 0 Å². The molecule has 1 aliphatic heterocycles. The fourth-order valence-corrected chi connectivity index (χ4v) is 2.93. The zero-order chi connectivity index (χ0) is 17.6. The van der Waals surface area contributed by atoms with Crippen LogP contribution in [0.5, 0.6) is 0 Å². The molecule has 128 valence electrons. The van der Waals surface area contributed by atoms with Gasteiger partial charge in [-0.2, -0.15) is 0 Å². The Balaban J connectivity index is 1.55. The van der Waals surface area contributed by atoms with E-state index in [-0.39, 0.29) is 11.8 Å². The first kappa shape index (κ1) is 17.0. The summed E-state index contributed by atoms with van der Waals surface area (Å²) in [6.45, 7) is 4.24. The molecule has 1 aliphatic rings. The second-order valence-electron chi connectivity index (χ2n) is 6.23. The lowest BCUT2D eigenvalue weighted by Gasteiger charge is -2.34. The minimum Gasteiger partial charge on any atom is -0.336 e. The fraction of sp³-hybridized carbons (Fsp3) is 0.238. The van der Waals surface area contributed by atoms with Crippen molar-refractivity contribution in [2.45, 2.75) is 6.92 Å². The summed E-state index contributed by atoms with van der Waals surface area (Å²) < 4.78 is 0. The van der Waals surface area contributed by atoms with Crippen molar-refractivity contribution >= 4 is 17.9 Å². The molecule has 2 aromatic rings. The summed E-state index contributed by atoms with van der Waals surface area (Å²) in [6.07, 6.45) is 3.43. The van der Waals surface area contributed by atoms with Crippen LogP contribution in [0.1, 0.15) is 21.5 Å². The van der Waals surface area contributed by atoms with Crippen molar-refractivity contribution in [3.8, 4) is 0 Å². The fourth-order valence-electron chi connectivity index (χ4n) is 2.93. The average Bonchev–Trinajstić information content (AvgIpc) is 2.66. The number of amides is 2. The Bertz CT molecular complexity index is 775. The van der Waals surface area contributed by atoms with E-state index in [9.17, 15) is 9.59 Å². The number of hydrogen-bond donors (Lipinski definition) is 0. The minimum absolute atomic E-state index is 0.00786. The second-order valence-corrected chi connectivity index (χ2v) is 6.23. The zero-order valence-corrected chi connectivity index (χ0v) is 14.4. The number of piperazine rings is 1. The van der Waals surface area contributed by atoms with Gasteiger partial charge in [-0.05, 0) is 30.7 Å². The molecule has 0 bridgehead atoms. The van der Waals surface area contributed by atoms with Crippen LogP contribution in [0, 0.1) is 6.92 Å². The lowest BCUT2D eigenvalue weighted by Crippen LogP contribution is -2.50. The van der Waals surface area contributed by atoms with E-state index in [1.807, 2.05) is 72.5 Å². The van der Waals surface area contributed by atoms with Gasteiger partial charge < -0.3 is 9.80 Å². The summed E-state index contributed by atoms with van der Waals surface area (Å²) in [5.41, 5.74) is 2.79. The van der Waals surface area contributed by atoms with Gasteiger partial charge in [0.2, 0.25) is 5.91 Å². The summed E-state index contributed by atoms with van der Waals surface area (Å²) in [4.78, 5) is 28.5. The molecule has 0 aliphatic carbocycles. The van der Waals surface area contributed by atoms with E-state index in [2.05, 4.69) is 0 Å². The van der Waals surface area contributed by atoms with Crippen molar-refractivity contribution in [1.82, 2.24) is 9.80 Å². The molecule has 0 atom stereocenters. The first-order valence-electron chi connectivity index (χ1n) is 8.51. The molecule has 2 aromatic carbocycles. The maximum Gasteiger partial charge on any atom is 0.253 e. The van der Waals surface area contributed by atoms with Gasteiger partial charge in [-0.3, -0.25) is 9.59 Å². The number of rotatable bonds is 3. The predicted octanol–water partition coefficient (Wildman–Crippen LogP) is 2.99. The van der Waals surface area contributed by atoms with Crippen LogP contribution in [0.4, 0.5) is 0 Å². The van der Waals surface area contributed by atoms with Crippen LogP contribution in [0.2, 0.25) is 0 Å². The number of benzene rings is 2. The first-order chi connectivity index (χ1) is 12.1. The number of nitrogens with zero attached hydrogens (tertiary/aromatic N) is 2. The largest absolute Gasteiger partial charge is 0.336 e. The molecular weight excluding hydrogens is 312 g/mol. The van der Waals surface area contributed by atoms with Crippen LogP contribution in [0.25, 0.3) is 6.08 Å². The van der Waals surface area contributed by atoms with E-state index in [0.29, 0.717) is 31.7 Å². The molecule has 4 nitrogen and oxygen atoms in total. The van der Waals surface area contributed by atoms with Gasteiger partial charge in [0, 0.05) is 37.8 Å². The summed E-state index contributed by atoms with van der Waals surface area (Å²) >= 11 is 0. The summed E-state index contributed by atoms with van der Waals surface area (Å²) in [5, 5.41) is 0. The molecule has 4 heteroatoms. The molecule has 1 heterocycles. The monoisotopic (exact) mass is 334 g/mol. The Morgan fingerprint density at radius 3 is 2.24 bits per heavy atom. The van der Waals surface area contributed by atoms with E-state index in [1.54, 1.807) is 11.0 Å². The molecule has 0 aromatic heterocycles. The quantitative estimate of drug-likeness (QED) is 0.810. The molecule has 0 N–H and O–H groups in total. The maximum absolute atomic E-state index is 12.5. The molecule has 0 saturated carbocycles. The third-order valence-electron chi connectivity index (χ3n) is 4.36. The molecule has 2 amide bonds. The van der Waals surface area contributed by atoms with Gasteiger partial charge >= 0.3 is 0 Å². The van der Waals surface area contributed by atoms with Crippen molar-refractivity contribution in [2.24, 2.45) is 0 Å². The molecule has 0 radical (unpaired) electrons. The van der Waals surface area contributed by atoms with Crippen LogP contribution in [0.15, 0.2) is 60.7 Å². The average molecular weight is 334 g/mol. The van der Waals surface area contributed by atoms with Crippen molar-refractivity contribution in [3.05, 3.63) is 77.4 Å². The number of hydrogen-bond acceptors (Lipinski definition) is 2. The van der Waals surface area contributed by atoms with Crippen LogP contribution in [-0.2, 0) is 4.79 Å². The topological polar surface area (TPSA) is 40.6 Å². The van der Waals surface area contributed by atoms with E-state index < -0.39 is 0 Å². The highest BCUT2D eigenvalue weighted by Crippen LogP contribution is 2.11. The summed E-state index contributed by atoms with van der Waals surface area (Å²) in [5.74, 6) is 0.0298. The predicted molar refractivity (Wildman–Crippen MR) is 99.1 cm³/mol. The third-order valence-corrected chi connectivity index (χ3v) is 4.36. The van der Waals surface area contributed by atoms with Crippen LogP contribution in [0.3, 0.4) is 0 Å². The molecule has 1 fully saturated rings. The Morgan fingerprint density at radius 1 is 0.880 bits per heavy atom. The highest BCUT2D eigenvalue weighted by molar-refractivity contribution is 5.95. The van der Waals surface area contributed by atoms with Gasteiger partial charge in [-0.1, -0.05) is 48.0 Å². The van der Waals surface area contributed by atoms with Crippen LogP contribution < -0.4 is 0 Å². The van der Waals surface area contributed by atoms with E-state index in [0.717, 1.165) is 11.1 Å². The number of aryl methyl sites for hydroxylation is 1. The van der Waals surface area contributed by atoms with Crippen LogP contribution in [-0.4, -0.2) is 47.8 Å². The second kappa shape index (κ2) is 7.79. The van der Waals surface area contributed by atoms with Gasteiger partial charge in [0.1, 0.15) is 0 Å². The molecule has 25 heavy (non-hydrogen) atoms. The van der Waals surface area contributed by atoms with Crippen molar-refractivity contribution < 1.29 is 9.59 Å². The Morgan fingerprint density at radius 2 is 1.56 bits per heavy atom. The molecule has 3 rings (SSSR count). The van der Waals surface area contributed by atoms with Gasteiger partial charge in [-0.15, -0.1) is 0 Å². The highest BCUT2D eigenvalue weighted by Gasteiger charge is 2.23. The van der Waals surface area contributed by atoms with Gasteiger partial charge in [0.05, 0.1) is 0 Å². The maximum atomic E-state index is 12.5. The van der Waals surface area contributed by atoms with E-state index in [1.165, 1.54) is 0 Å². The molecule has 0 spiro atoms. The Labute approximate surface area is 148 Å². The molecule has 0 unspecified atom stereocenters.